The average Bonchev–Trinajstić information content (AvgIpc) is 2.53. The number of fused-ring (bicyclic) bond motifs is 1. The number of para-hydroxylation sites is 1. The van der Waals surface area contributed by atoms with Crippen molar-refractivity contribution in [2.45, 2.75) is 46.1 Å². The summed E-state index contributed by atoms with van der Waals surface area (Å²) in [6.45, 7) is 8.45. The van der Waals surface area contributed by atoms with Gasteiger partial charge >= 0.3 is 0 Å². The van der Waals surface area contributed by atoms with Gasteiger partial charge in [-0.1, -0.05) is 38.8 Å². The van der Waals surface area contributed by atoms with Gasteiger partial charge < -0.3 is 10.2 Å². The van der Waals surface area contributed by atoms with Gasteiger partial charge in [-0.15, -0.1) is 0 Å². The first-order valence-electron chi connectivity index (χ1n) is 7.64. The highest BCUT2D eigenvalue weighted by molar-refractivity contribution is 6.12. The van der Waals surface area contributed by atoms with Crippen molar-refractivity contribution in [1.82, 2.24) is 5.32 Å². The van der Waals surface area contributed by atoms with Crippen molar-refractivity contribution >= 4 is 17.5 Å². The van der Waals surface area contributed by atoms with Crippen molar-refractivity contribution < 1.29 is 9.59 Å². The molecular weight excluding hydrogens is 264 g/mol. The molecule has 1 aromatic carbocycles. The van der Waals surface area contributed by atoms with Gasteiger partial charge in [0.1, 0.15) is 5.54 Å². The molecule has 21 heavy (non-hydrogen) atoms. The summed E-state index contributed by atoms with van der Waals surface area (Å²) in [5.74, 6) is 0.203. The molecular formula is C17H24N2O2. The topological polar surface area (TPSA) is 49.4 Å². The molecule has 1 aromatic rings. The first-order chi connectivity index (χ1) is 9.90. The number of hydrogen-bond acceptors (Lipinski definition) is 2. The SMILES string of the molecule is CCC(CC)CN1C(=O)C(C)(C)NC(=O)c2ccccc21. The number of nitrogens with one attached hydrogen (secondary N) is 1. The summed E-state index contributed by atoms with van der Waals surface area (Å²) in [5.41, 5.74) is 0.405. The van der Waals surface area contributed by atoms with Crippen LogP contribution in [0, 0.1) is 5.92 Å². The highest BCUT2D eigenvalue weighted by Gasteiger charge is 2.39. The van der Waals surface area contributed by atoms with Gasteiger partial charge in [0.2, 0.25) is 0 Å². The highest BCUT2D eigenvalue weighted by atomic mass is 16.2. The maximum atomic E-state index is 12.9. The van der Waals surface area contributed by atoms with Gasteiger partial charge in [-0.2, -0.15) is 0 Å². The van der Waals surface area contributed by atoms with Crippen molar-refractivity contribution in [1.29, 1.82) is 0 Å². The monoisotopic (exact) mass is 288 g/mol. The van der Waals surface area contributed by atoms with E-state index in [4.69, 9.17) is 0 Å². The highest BCUT2D eigenvalue weighted by Crippen LogP contribution is 2.29. The molecule has 1 aliphatic rings. The standard InChI is InChI=1S/C17H24N2O2/c1-5-12(6-2)11-19-14-10-8-7-9-13(14)15(20)18-17(3,4)16(19)21/h7-10,12H,5-6,11H2,1-4H3,(H,18,20). The summed E-state index contributed by atoms with van der Waals surface area (Å²) in [6, 6.07) is 7.34. The van der Waals surface area contributed by atoms with Crippen LogP contribution >= 0.6 is 0 Å². The minimum Gasteiger partial charge on any atom is -0.338 e. The molecule has 0 saturated heterocycles. The first kappa shape index (κ1) is 15.5. The fourth-order valence-corrected chi connectivity index (χ4v) is 2.74. The largest absolute Gasteiger partial charge is 0.338 e. The van der Waals surface area contributed by atoms with Gasteiger partial charge in [-0.25, -0.2) is 0 Å². The van der Waals surface area contributed by atoms with Crippen LogP contribution in [-0.4, -0.2) is 23.9 Å². The van der Waals surface area contributed by atoms with Crippen LogP contribution in [0.1, 0.15) is 50.9 Å². The summed E-state index contributed by atoms with van der Waals surface area (Å²) < 4.78 is 0. The van der Waals surface area contributed by atoms with Gasteiger partial charge in [0.05, 0.1) is 11.3 Å². The average molecular weight is 288 g/mol. The Bertz CT molecular complexity index is 547. The van der Waals surface area contributed by atoms with Crippen LogP contribution < -0.4 is 10.2 Å². The number of amides is 2. The first-order valence-corrected chi connectivity index (χ1v) is 7.64. The Hall–Kier alpha value is -1.84. The molecule has 0 bridgehead atoms. The van der Waals surface area contributed by atoms with Gasteiger partial charge in [0.25, 0.3) is 11.8 Å². The number of carbonyl (C=O) groups is 2. The van der Waals surface area contributed by atoms with Crippen molar-refractivity contribution in [2.75, 3.05) is 11.4 Å². The quantitative estimate of drug-likeness (QED) is 0.926. The minimum absolute atomic E-state index is 0.0484. The molecule has 1 heterocycles. The van der Waals surface area contributed by atoms with E-state index in [1.165, 1.54) is 0 Å². The molecule has 0 fully saturated rings. The van der Waals surface area contributed by atoms with E-state index in [2.05, 4.69) is 19.2 Å². The predicted octanol–water partition coefficient (Wildman–Crippen LogP) is 2.98. The summed E-state index contributed by atoms with van der Waals surface area (Å²) in [7, 11) is 0. The molecule has 4 heteroatoms. The van der Waals surface area contributed by atoms with Crippen molar-refractivity contribution in [3.63, 3.8) is 0 Å². The summed E-state index contributed by atoms with van der Waals surface area (Å²) in [4.78, 5) is 27.0. The van der Waals surface area contributed by atoms with Crippen molar-refractivity contribution in [3.05, 3.63) is 29.8 Å². The third kappa shape index (κ3) is 2.94. The molecule has 0 aromatic heterocycles. The molecule has 4 nitrogen and oxygen atoms in total. The van der Waals surface area contributed by atoms with Crippen molar-refractivity contribution in [3.8, 4) is 0 Å². The molecule has 1 N–H and O–H groups in total. The number of rotatable bonds is 4. The van der Waals surface area contributed by atoms with Crippen molar-refractivity contribution in [2.24, 2.45) is 5.92 Å². The minimum atomic E-state index is -0.887. The molecule has 2 amide bonds. The Balaban J connectivity index is 2.49. The number of carbonyl (C=O) groups excluding carboxylic acids is 2. The predicted molar refractivity (Wildman–Crippen MR) is 84.4 cm³/mol. The lowest BCUT2D eigenvalue weighted by Crippen LogP contribution is -2.54. The zero-order valence-corrected chi connectivity index (χ0v) is 13.3. The summed E-state index contributed by atoms with van der Waals surface area (Å²) in [5, 5.41) is 2.83. The molecule has 0 atom stereocenters. The van der Waals surface area contributed by atoms with Gasteiger partial charge in [0, 0.05) is 6.54 Å². The maximum absolute atomic E-state index is 12.9. The second-order valence-corrected chi connectivity index (χ2v) is 6.19. The number of hydrogen-bond donors (Lipinski definition) is 1. The molecule has 2 rings (SSSR count). The second kappa shape index (κ2) is 5.88. The Morgan fingerprint density at radius 3 is 2.38 bits per heavy atom. The third-order valence-corrected chi connectivity index (χ3v) is 4.24. The lowest BCUT2D eigenvalue weighted by atomic mass is 9.99. The molecule has 1 aliphatic heterocycles. The zero-order valence-electron chi connectivity index (χ0n) is 13.3. The van der Waals surface area contributed by atoms with Crippen LogP contribution in [0.25, 0.3) is 0 Å². The number of benzene rings is 1. The van der Waals surface area contributed by atoms with Crippen LogP contribution in [0.15, 0.2) is 24.3 Å². The summed E-state index contributed by atoms with van der Waals surface area (Å²) in [6.07, 6.45) is 2.04. The Kier molecular flexibility index (Phi) is 4.35. The van der Waals surface area contributed by atoms with Crippen LogP contribution in [0.3, 0.4) is 0 Å². The van der Waals surface area contributed by atoms with E-state index in [0.29, 0.717) is 18.0 Å². The molecule has 114 valence electrons. The second-order valence-electron chi connectivity index (χ2n) is 6.19. The maximum Gasteiger partial charge on any atom is 0.254 e. The van der Waals surface area contributed by atoms with Gasteiger partial charge in [0.15, 0.2) is 0 Å². The fourth-order valence-electron chi connectivity index (χ4n) is 2.74. The van der Waals surface area contributed by atoms with E-state index < -0.39 is 5.54 Å². The smallest absolute Gasteiger partial charge is 0.254 e. The third-order valence-electron chi connectivity index (χ3n) is 4.24. The van der Waals surface area contributed by atoms with E-state index in [0.717, 1.165) is 18.5 Å². The fraction of sp³-hybridized carbons (Fsp3) is 0.529. The van der Waals surface area contributed by atoms with E-state index in [9.17, 15) is 9.59 Å². The molecule has 0 radical (unpaired) electrons. The van der Waals surface area contributed by atoms with E-state index in [1.807, 2.05) is 18.2 Å². The van der Waals surface area contributed by atoms with Gasteiger partial charge in [-0.3, -0.25) is 9.59 Å². The van der Waals surface area contributed by atoms with E-state index in [-0.39, 0.29) is 11.8 Å². The van der Waals surface area contributed by atoms with E-state index >= 15 is 0 Å². The molecule has 0 saturated carbocycles. The summed E-state index contributed by atoms with van der Waals surface area (Å²) >= 11 is 0. The number of nitrogens with zero attached hydrogens (tertiary/aromatic N) is 1. The molecule has 0 spiro atoms. The van der Waals surface area contributed by atoms with Gasteiger partial charge in [-0.05, 0) is 31.9 Å². The lowest BCUT2D eigenvalue weighted by molar-refractivity contribution is -0.123. The van der Waals surface area contributed by atoms with E-state index in [1.54, 1.807) is 24.8 Å². The molecule has 0 unspecified atom stereocenters. The van der Waals surface area contributed by atoms with Crippen LogP contribution in [-0.2, 0) is 4.79 Å². The number of anilines is 1. The van der Waals surface area contributed by atoms with Crippen LogP contribution in [0.4, 0.5) is 5.69 Å². The Labute approximate surface area is 126 Å². The molecule has 0 aliphatic carbocycles. The zero-order chi connectivity index (χ0) is 15.6. The lowest BCUT2D eigenvalue weighted by Gasteiger charge is -2.31. The Morgan fingerprint density at radius 2 is 1.76 bits per heavy atom. The van der Waals surface area contributed by atoms with Crippen LogP contribution in [0.2, 0.25) is 0 Å². The normalized spacial score (nSPS) is 17.5. The Morgan fingerprint density at radius 1 is 1.14 bits per heavy atom. The van der Waals surface area contributed by atoms with Crippen LogP contribution in [0.5, 0.6) is 0 Å².